The molecule has 15 nitrogen and oxygen atoms in total. The average Bonchev–Trinajstić information content (AvgIpc) is 2.72. The lowest BCUT2D eigenvalue weighted by atomic mass is 10.0. The van der Waals surface area contributed by atoms with Gasteiger partial charge in [0.15, 0.2) is 11.9 Å². The summed E-state index contributed by atoms with van der Waals surface area (Å²) in [6.07, 6.45) is 7.32. The van der Waals surface area contributed by atoms with Crippen LogP contribution >= 0.6 is 22.6 Å². The number of hydrogen-bond donors (Lipinski definition) is 0. The number of carbonyl (C=O) groups is 3. The molecule has 2 aliphatic rings. The number of fused-ring (bicyclic) bond motifs is 6. The summed E-state index contributed by atoms with van der Waals surface area (Å²) >= 11 is 2.01. The number of hydrogen-bond acceptors (Lipinski definition) is 8. The highest BCUT2D eigenvalue weighted by Crippen LogP contribution is 2.35. The number of aryl methyl sites for hydroxylation is 8. The van der Waals surface area contributed by atoms with Gasteiger partial charge in [-0.05, 0) is 194 Å². The van der Waals surface area contributed by atoms with Gasteiger partial charge in [-0.25, -0.2) is 14.4 Å². The van der Waals surface area contributed by atoms with Crippen LogP contribution in [-0.2, 0) is 72.8 Å². The van der Waals surface area contributed by atoms with E-state index in [2.05, 4.69) is 114 Å². The van der Waals surface area contributed by atoms with E-state index in [1.807, 2.05) is 135 Å². The van der Waals surface area contributed by atoms with E-state index < -0.39 is 0 Å². The van der Waals surface area contributed by atoms with Crippen LogP contribution in [0.25, 0.3) is 21.8 Å². The Labute approximate surface area is 550 Å². The molecule has 2 aliphatic heterocycles. The summed E-state index contributed by atoms with van der Waals surface area (Å²) in [5, 5.41) is 2.74. The molecule has 6 aromatic rings. The van der Waals surface area contributed by atoms with Crippen LogP contribution in [0.1, 0.15) is 139 Å². The molecular formula is C66H98I3N9O6. The Morgan fingerprint density at radius 2 is 1.11 bits per heavy atom. The molecule has 18 heteroatoms. The van der Waals surface area contributed by atoms with Gasteiger partial charge in [-0.1, -0.05) is 29.3 Å². The number of quaternary nitrogens is 1. The highest BCUT2D eigenvalue weighted by Gasteiger charge is 2.35. The van der Waals surface area contributed by atoms with E-state index in [1.165, 1.54) is 66.6 Å². The van der Waals surface area contributed by atoms with Crippen LogP contribution in [-0.4, -0.2) is 131 Å². The molecule has 0 N–H and O–H groups in total. The molecule has 2 aromatic carbocycles. The number of likely N-dealkylation sites (N-methyl/N-ethyl adjacent to an activating group) is 2. The number of halogens is 3. The molecule has 1 unspecified atom stereocenters. The van der Waals surface area contributed by atoms with E-state index in [9.17, 15) is 14.4 Å². The van der Waals surface area contributed by atoms with Crippen LogP contribution in [0.3, 0.4) is 0 Å². The molecule has 0 fully saturated rings. The van der Waals surface area contributed by atoms with Crippen LogP contribution in [0, 0.1) is 27.7 Å². The molecule has 0 saturated heterocycles. The standard InChI is InChI=1S/C37H57N5O4.C21H25N3.C8H16INO2.2HI/c1-25(2)40(26(3)4)36(43)45-23-38-21-31(14-13-30(38)10)16-18-39-34-15-12-29(9)20-32(34)33-22-42(11,19-17-35(33)39)24-46-37(44)41(27(5)6)28(7)8;1-15-4-7-20-18(12-15)19-14-23(3)10-9-21(19)24(20)11-8-17-6-5-16(2)22-13-17;1-6(2)10(7(3)4)8(11)12-5-9;;/h12-15,20-21,25-28H,16-19,22-24H2,1-11H3;4-7,12-13H,8-11,14H2,1-3H3;6-7H,5H2,1-4H3;2*1H/q+2;;;;/p-2. The molecule has 0 radical (unpaired) electrons. The number of nitrogens with zero attached hydrogens (tertiary/aromatic N) is 9. The molecule has 8 rings (SSSR count). The Morgan fingerprint density at radius 1 is 0.631 bits per heavy atom. The minimum atomic E-state index is -0.291. The van der Waals surface area contributed by atoms with E-state index in [4.69, 9.17) is 14.2 Å². The van der Waals surface area contributed by atoms with Crippen molar-refractivity contribution in [1.29, 1.82) is 0 Å². The largest absolute Gasteiger partial charge is 1.00 e. The van der Waals surface area contributed by atoms with Crippen molar-refractivity contribution in [3.63, 3.8) is 0 Å². The van der Waals surface area contributed by atoms with Crippen LogP contribution in [0.2, 0.25) is 0 Å². The van der Waals surface area contributed by atoms with E-state index in [-0.39, 0.29) is 109 Å². The number of ether oxygens (including phenoxy) is 3. The predicted octanol–water partition coefficient (Wildman–Crippen LogP) is 7.24. The summed E-state index contributed by atoms with van der Waals surface area (Å²) in [4.78, 5) is 49.3. The van der Waals surface area contributed by atoms with Crippen molar-refractivity contribution in [3.8, 4) is 0 Å². The lowest BCUT2D eigenvalue weighted by Gasteiger charge is -2.38. The zero-order valence-electron chi connectivity index (χ0n) is 53.7. The van der Waals surface area contributed by atoms with E-state index in [0.29, 0.717) is 15.8 Å². The first-order chi connectivity index (χ1) is 38.7. The highest BCUT2D eigenvalue weighted by molar-refractivity contribution is 14.1. The van der Waals surface area contributed by atoms with Crippen molar-refractivity contribution < 1.29 is 85.6 Å². The zero-order valence-corrected chi connectivity index (χ0v) is 60.2. The third-order valence-corrected chi connectivity index (χ3v) is 16.3. The summed E-state index contributed by atoms with van der Waals surface area (Å²) in [6, 6.07) is 22.9. The zero-order chi connectivity index (χ0) is 60.3. The molecule has 0 saturated carbocycles. The van der Waals surface area contributed by atoms with Crippen molar-refractivity contribution in [1.82, 2.24) is 33.7 Å². The molecule has 0 aliphatic carbocycles. The molecule has 0 spiro atoms. The second-order valence-electron chi connectivity index (χ2n) is 24.8. The van der Waals surface area contributed by atoms with Gasteiger partial charge in [-0.3, -0.25) is 9.47 Å². The Kier molecular flexibility index (Phi) is 28.1. The molecule has 4 aromatic heterocycles. The maximum Gasteiger partial charge on any atom is 0.415 e. The summed E-state index contributed by atoms with van der Waals surface area (Å²) in [5.41, 5.74) is 15.7. The van der Waals surface area contributed by atoms with Crippen LogP contribution in [0.4, 0.5) is 14.4 Å². The van der Waals surface area contributed by atoms with Gasteiger partial charge in [-0.2, -0.15) is 4.57 Å². The number of rotatable bonds is 17. The van der Waals surface area contributed by atoms with Crippen LogP contribution in [0.5, 0.6) is 0 Å². The van der Waals surface area contributed by atoms with Crippen molar-refractivity contribution in [2.75, 3.05) is 38.5 Å². The van der Waals surface area contributed by atoms with Crippen LogP contribution < -0.4 is 52.5 Å². The van der Waals surface area contributed by atoms with Gasteiger partial charge in [0.05, 0.1) is 13.6 Å². The fourth-order valence-corrected chi connectivity index (χ4v) is 12.2. The Morgan fingerprint density at radius 3 is 1.61 bits per heavy atom. The number of pyridine rings is 2. The monoisotopic (exact) mass is 1490 g/mol. The van der Waals surface area contributed by atoms with Gasteiger partial charge in [0, 0.05) is 144 Å². The molecular weight excluding hydrogens is 1400 g/mol. The third-order valence-electron chi connectivity index (χ3n) is 16.0. The first-order valence-electron chi connectivity index (χ1n) is 29.8. The number of carbonyl (C=O) groups excluding carboxylic acids is 3. The topological polar surface area (TPSA) is 118 Å². The second kappa shape index (κ2) is 32.6. The molecule has 3 amide bonds. The number of benzene rings is 2. The molecule has 464 valence electrons. The molecule has 6 heterocycles. The maximum atomic E-state index is 13.0. The Bertz CT molecular complexity index is 3090. The summed E-state index contributed by atoms with van der Waals surface area (Å²) < 4.78 is 24.7. The lowest BCUT2D eigenvalue weighted by Crippen LogP contribution is -3.00. The minimum absolute atomic E-state index is 0. The quantitative estimate of drug-likeness (QED) is 0.0309. The van der Waals surface area contributed by atoms with E-state index >= 15 is 0 Å². The fourth-order valence-electron chi connectivity index (χ4n) is 12.0. The SMILES string of the molecule is CC(C)N(C(=O)OCI)C(C)C.Cc1ccc2c(c1)c1c(n2CCc2ccc(C)[n+](COC(=O)N(C(C)C)C(C)C)c2)CC[N+](C)(COC(=O)N(C(C)C)C(C)C)C1.Cc1ccc2c(c1)c1c(n2CCc2ccc(C)nc2)CCN(C)C1.[I-].[I-]. The summed E-state index contributed by atoms with van der Waals surface area (Å²) in [6.45, 7) is 38.8. The third kappa shape index (κ3) is 18.6. The lowest BCUT2D eigenvalue weighted by molar-refractivity contribution is -0.940. The predicted molar refractivity (Wildman–Crippen MR) is 339 cm³/mol. The molecule has 84 heavy (non-hydrogen) atoms. The van der Waals surface area contributed by atoms with Crippen molar-refractivity contribution in [2.45, 2.75) is 206 Å². The fraction of sp³-hybridized carbons (Fsp3) is 0.561. The second-order valence-corrected chi connectivity index (χ2v) is 25.4. The maximum absolute atomic E-state index is 13.0. The smallest absolute Gasteiger partial charge is 0.415 e. The van der Waals surface area contributed by atoms with Gasteiger partial charge in [0.25, 0.3) is 6.73 Å². The summed E-state index contributed by atoms with van der Waals surface area (Å²) in [7, 11) is 4.42. The normalized spacial score (nSPS) is 14.8. The Balaban J connectivity index is 0.000000329. The minimum Gasteiger partial charge on any atom is -1.00 e. The first kappa shape index (κ1) is 72.2. The average molecular weight is 1490 g/mol. The summed E-state index contributed by atoms with van der Waals surface area (Å²) in [5.74, 6) is 0. The number of aromatic nitrogens is 4. The van der Waals surface area contributed by atoms with Crippen LogP contribution in [0.15, 0.2) is 73.1 Å². The number of alkyl halides is 1. The van der Waals surface area contributed by atoms with Crippen molar-refractivity contribution in [3.05, 3.63) is 129 Å². The van der Waals surface area contributed by atoms with Gasteiger partial charge in [0.2, 0.25) is 6.73 Å². The van der Waals surface area contributed by atoms with E-state index in [1.54, 1.807) is 9.80 Å². The number of amides is 3. The van der Waals surface area contributed by atoms with Gasteiger partial charge < -0.3 is 90.9 Å². The van der Waals surface area contributed by atoms with Gasteiger partial charge >= 0.3 is 18.3 Å². The highest BCUT2D eigenvalue weighted by atomic mass is 127. The molecule has 1 atom stereocenters. The van der Waals surface area contributed by atoms with Crippen molar-refractivity contribution >= 4 is 62.7 Å². The Hall–Kier alpha value is -4.26. The van der Waals surface area contributed by atoms with Gasteiger partial charge in [-0.15, -0.1) is 0 Å². The van der Waals surface area contributed by atoms with E-state index in [0.717, 1.165) is 76.3 Å². The first-order valence-corrected chi connectivity index (χ1v) is 31.3. The van der Waals surface area contributed by atoms with Gasteiger partial charge in [0.1, 0.15) is 11.2 Å². The molecule has 0 bridgehead atoms. The van der Waals surface area contributed by atoms with Crippen molar-refractivity contribution in [2.24, 2.45) is 0 Å².